The van der Waals surface area contributed by atoms with E-state index < -0.39 is 5.79 Å². The summed E-state index contributed by atoms with van der Waals surface area (Å²) in [6, 6.07) is 8.06. The first-order chi connectivity index (χ1) is 12.5. The lowest BCUT2D eigenvalue weighted by Crippen LogP contribution is -2.45. The number of carbonyl (C=O) groups is 1. The molecule has 1 aromatic carbocycles. The van der Waals surface area contributed by atoms with E-state index in [-0.39, 0.29) is 13.5 Å². The van der Waals surface area contributed by atoms with E-state index >= 15 is 0 Å². The topological polar surface area (TPSA) is 57.2 Å². The maximum Gasteiger partial charge on any atom is 0.337 e. The Labute approximate surface area is 156 Å². The van der Waals surface area contributed by atoms with Crippen molar-refractivity contribution in [3.8, 4) is 11.5 Å². The number of hydrogen-bond donors (Lipinski definition) is 0. The molecule has 26 heavy (non-hydrogen) atoms. The lowest BCUT2D eigenvalue weighted by atomic mass is 9.81. The summed E-state index contributed by atoms with van der Waals surface area (Å²) in [6.45, 7) is 2.94. The molecule has 0 N–H and O–H groups in total. The molecule has 2 saturated heterocycles. The quantitative estimate of drug-likeness (QED) is 0.751. The van der Waals surface area contributed by atoms with Crippen molar-refractivity contribution in [2.24, 2.45) is 5.92 Å². The molecule has 0 radical (unpaired) electrons. The first kappa shape index (κ1) is 19.0. The van der Waals surface area contributed by atoms with Gasteiger partial charge in [0, 0.05) is 20.3 Å². The summed E-state index contributed by atoms with van der Waals surface area (Å²) in [5, 5.41) is 0. The maximum atomic E-state index is 11.5. The highest BCUT2D eigenvalue weighted by Crippen LogP contribution is 2.45. The Kier molecular flexibility index (Phi) is 5.73. The second kappa shape index (κ2) is 7.84. The Morgan fingerprint density at radius 2 is 1.85 bits per heavy atom. The molecule has 2 heterocycles. The zero-order valence-corrected chi connectivity index (χ0v) is 16.1. The number of benzene rings is 1. The van der Waals surface area contributed by atoms with Gasteiger partial charge in [-0.2, -0.15) is 0 Å². The van der Waals surface area contributed by atoms with Crippen LogP contribution in [0.2, 0.25) is 0 Å². The van der Waals surface area contributed by atoms with Crippen LogP contribution in [0.25, 0.3) is 0 Å². The zero-order valence-electron chi connectivity index (χ0n) is 16.1. The molecule has 0 bridgehead atoms. The molecular formula is C20H31NO5. The smallest absolute Gasteiger partial charge is 0.337 e. The van der Waals surface area contributed by atoms with E-state index in [1.807, 2.05) is 24.3 Å². The predicted molar refractivity (Wildman–Crippen MR) is 99.4 cm³/mol. The fourth-order valence-corrected chi connectivity index (χ4v) is 4.22. The van der Waals surface area contributed by atoms with Crippen LogP contribution < -0.4 is 9.47 Å². The minimum atomic E-state index is -0.601. The molecule has 1 saturated carbocycles. The molecule has 1 aromatic rings. The Morgan fingerprint density at radius 3 is 2.38 bits per heavy atom. The van der Waals surface area contributed by atoms with Gasteiger partial charge in [0.2, 0.25) is 5.79 Å². The van der Waals surface area contributed by atoms with Crippen LogP contribution in [0, 0.1) is 5.92 Å². The van der Waals surface area contributed by atoms with Crippen molar-refractivity contribution in [2.75, 3.05) is 27.8 Å². The Hall–Kier alpha value is -1.79. The highest BCUT2D eigenvalue weighted by Gasteiger charge is 2.53. The number of nitrogens with zero attached hydrogens (tertiary/aromatic N) is 1. The van der Waals surface area contributed by atoms with Crippen molar-refractivity contribution in [2.45, 2.75) is 50.5 Å². The monoisotopic (exact) mass is 365 g/mol. The first-order valence-electron chi connectivity index (χ1n) is 9.26. The summed E-state index contributed by atoms with van der Waals surface area (Å²) in [5.41, 5.74) is 0. The molecule has 0 aromatic heterocycles. The standard InChI is InChI=1S/C12H19NO3.C8H10O2.H2/c1-8-11(14)16-12(15-8)5-3-9-4-6-13(2)10(9)7-12;1-9-7-5-3-4-6-8(7)10-2;/h8-10H,3-7H2,1-2H3;3-6H,1-2H3;1H/t8?,9-,10-,12?;;/m0../s1. The van der Waals surface area contributed by atoms with E-state index in [2.05, 4.69) is 11.9 Å². The van der Waals surface area contributed by atoms with Crippen molar-refractivity contribution in [1.82, 2.24) is 4.90 Å². The third-order valence-corrected chi connectivity index (χ3v) is 5.68. The first-order valence-corrected chi connectivity index (χ1v) is 9.26. The van der Waals surface area contributed by atoms with Gasteiger partial charge in [0.1, 0.15) is 0 Å². The van der Waals surface area contributed by atoms with Crippen molar-refractivity contribution in [1.29, 1.82) is 0 Å². The molecule has 3 aliphatic rings. The number of esters is 1. The molecule has 6 heteroatoms. The predicted octanol–water partition coefficient (Wildman–Crippen LogP) is 3.10. The van der Waals surface area contributed by atoms with Crippen molar-refractivity contribution in [3.63, 3.8) is 0 Å². The number of carbonyl (C=O) groups excluding carboxylic acids is 1. The van der Waals surface area contributed by atoms with E-state index in [9.17, 15) is 4.79 Å². The number of rotatable bonds is 2. The molecule has 4 atom stereocenters. The SMILES string of the molecule is CC1OC2(CC[C@H]3CCN(C)[C@H]3C2)OC1=O.COc1ccccc1OC.[HH]. The largest absolute Gasteiger partial charge is 0.493 e. The van der Waals surface area contributed by atoms with Gasteiger partial charge in [-0.3, -0.25) is 0 Å². The van der Waals surface area contributed by atoms with Gasteiger partial charge in [0.15, 0.2) is 17.6 Å². The normalized spacial score (nSPS) is 33.2. The second-order valence-corrected chi connectivity index (χ2v) is 7.29. The molecule has 146 valence electrons. The van der Waals surface area contributed by atoms with Crippen LogP contribution in [-0.4, -0.2) is 56.6 Å². The summed E-state index contributed by atoms with van der Waals surface area (Å²) in [5.74, 6) is 1.51. The van der Waals surface area contributed by atoms with Gasteiger partial charge in [-0.25, -0.2) is 4.79 Å². The number of ether oxygens (including phenoxy) is 4. The Morgan fingerprint density at radius 1 is 1.19 bits per heavy atom. The highest BCUT2D eigenvalue weighted by molar-refractivity contribution is 5.76. The van der Waals surface area contributed by atoms with Crippen LogP contribution >= 0.6 is 0 Å². The summed E-state index contributed by atoms with van der Waals surface area (Å²) >= 11 is 0. The van der Waals surface area contributed by atoms with Gasteiger partial charge in [0.25, 0.3) is 0 Å². The number of para-hydroxylation sites is 2. The summed E-state index contributed by atoms with van der Waals surface area (Å²) in [6.07, 6.45) is 3.74. The molecule has 1 spiro atoms. The van der Waals surface area contributed by atoms with Crippen LogP contribution in [-0.2, 0) is 14.3 Å². The molecule has 4 rings (SSSR count). The van der Waals surface area contributed by atoms with E-state index in [0.717, 1.165) is 43.2 Å². The average Bonchev–Trinajstić information content (AvgIpc) is 3.15. The van der Waals surface area contributed by atoms with Gasteiger partial charge in [-0.1, -0.05) is 12.1 Å². The Balaban J connectivity index is 0.000000208. The van der Waals surface area contributed by atoms with E-state index in [1.165, 1.54) is 6.42 Å². The van der Waals surface area contributed by atoms with E-state index in [1.54, 1.807) is 21.1 Å². The van der Waals surface area contributed by atoms with Gasteiger partial charge < -0.3 is 23.8 Å². The fourth-order valence-electron chi connectivity index (χ4n) is 4.22. The van der Waals surface area contributed by atoms with Crippen LogP contribution in [0.5, 0.6) is 11.5 Å². The molecular weight excluding hydrogens is 334 g/mol. The lowest BCUT2D eigenvalue weighted by molar-refractivity contribution is -0.201. The molecule has 2 unspecified atom stereocenters. The average molecular weight is 365 g/mol. The third-order valence-electron chi connectivity index (χ3n) is 5.68. The minimum Gasteiger partial charge on any atom is -0.493 e. The van der Waals surface area contributed by atoms with E-state index in [0.29, 0.717) is 6.04 Å². The van der Waals surface area contributed by atoms with Crippen molar-refractivity contribution in [3.05, 3.63) is 24.3 Å². The number of hydrogen-bond acceptors (Lipinski definition) is 6. The van der Waals surface area contributed by atoms with Gasteiger partial charge in [0.05, 0.1) is 14.2 Å². The maximum absolute atomic E-state index is 11.5. The van der Waals surface area contributed by atoms with Gasteiger partial charge in [-0.05, 0) is 51.4 Å². The Bertz CT molecular complexity index is 620. The van der Waals surface area contributed by atoms with Crippen molar-refractivity contribution >= 4 is 5.97 Å². The molecule has 1 aliphatic carbocycles. The molecule has 2 aliphatic heterocycles. The van der Waals surface area contributed by atoms with E-state index in [4.69, 9.17) is 18.9 Å². The van der Waals surface area contributed by atoms with Gasteiger partial charge in [-0.15, -0.1) is 0 Å². The van der Waals surface area contributed by atoms with Crippen LogP contribution in [0.4, 0.5) is 0 Å². The highest BCUT2D eigenvalue weighted by atomic mass is 16.8. The number of fused-ring (bicyclic) bond motifs is 1. The van der Waals surface area contributed by atoms with Crippen LogP contribution in [0.1, 0.15) is 34.0 Å². The third kappa shape index (κ3) is 3.81. The van der Waals surface area contributed by atoms with Gasteiger partial charge >= 0.3 is 5.97 Å². The minimum absolute atomic E-state index is 0. The molecule has 3 fully saturated rings. The van der Waals surface area contributed by atoms with Crippen LogP contribution in [0.15, 0.2) is 24.3 Å². The second-order valence-electron chi connectivity index (χ2n) is 7.29. The fraction of sp³-hybridized carbons (Fsp3) is 0.650. The zero-order chi connectivity index (χ0) is 18.7. The van der Waals surface area contributed by atoms with Crippen molar-refractivity contribution < 1.29 is 25.2 Å². The summed E-state index contributed by atoms with van der Waals surface area (Å²) < 4.78 is 21.3. The molecule has 6 nitrogen and oxygen atoms in total. The van der Waals surface area contributed by atoms with Crippen LogP contribution in [0.3, 0.4) is 0 Å². The number of likely N-dealkylation sites (tertiary alicyclic amines) is 1. The lowest BCUT2D eigenvalue weighted by Gasteiger charge is -2.39. The summed E-state index contributed by atoms with van der Waals surface area (Å²) in [7, 11) is 5.40. The number of methoxy groups -OCH3 is 2. The summed E-state index contributed by atoms with van der Waals surface area (Å²) in [4.78, 5) is 13.8. The molecule has 0 amide bonds.